The number of hydrogen-bond acceptors (Lipinski definition) is 3. The van der Waals surface area contributed by atoms with Crippen molar-refractivity contribution in [1.82, 2.24) is 0 Å². The maximum Gasteiger partial charge on any atom is 0.237 e. The molecule has 0 saturated heterocycles. The molecular formula is C23H23N3OS2. The first kappa shape index (κ1) is 20.9. The average Bonchev–Trinajstić information content (AvgIpc) is 2.72. The predicted molar refractivity (Wildman–Crippen MR) is 128 cm³/mol. The first-order valence-electron chi connectivity index (χ1n) is 9.27. The lowest BCUT2D eigenvalue weighted by atomic mass is 10.2. The zero-order valence-electron chi connectivity index (χ0n) is 16.3. The van der Waals surface area contributed by atoms with E-state index in [1.54, 1.807) is 0 Å². The summed E-state index contributed by atoms with van der Waals surface area (Å²) < 4.78 is 0. The third kappa shape index (κ3) is 6.34. The molecule has 0 saturated carbocycles. The molecule has 1 unspecified atom stereocenters. The number of anilines is 3. The van der Waals surface area contributed by atoms with Crippen molar-refractivity contribution < 1.29 is 4.79 Å². The highest BCUT2D eigenvalue weighted by atomic mass is 32.2. The monoisotopic (exact) mass is 421 g/mol. The Bertz CT molecular complexity index is 975. The van der Waals surface area contributed by atoms with Gasteiger partial charge in [0.15, 0.2) is 5.11 Å². The van der Waals surface area contributed by atoms with Crippen LogP contribution >= 0.6 is 24.0 Å². The summed E-state index contributed by atoms with van der Waals surface area (Å²) in [6.07, 6.45) is 0. The smallest absolute Gasteiger partial charge is 0.237 e. The summed E-state index contributed by atoms with van der Waals surface area (Å²) in [7, 11) is 0. The average molecular weight is 422 g/mol. The summed E-state index contributed by atoms with van der Waals surface area (Å²) in [5.41, 5.74) is 3.72. The molecule has 0 fully saturated rings. The van der Waals surface area contributed by atoms with Crippen LogP contribution < -0.4 is 16.0 Å². The number of amides is 1. The summed E-state index contributed by atoms with van der Waals surface area (Å²) in [5, 5.41) is 9.62. The fourth-order valence-corrected chi connectivity index (χ4v) is 3.74. The molecule has 3 rings (SSSR count). The summed E-state index contributed by atoms with van der Waals surface area (Å²) in [4.78, 5) is 13.5. The van der Waals surface area contributed by atoms with Crippen LogP contribution in [-0.2, 0) is 4.79 Å². The minimum atomic E-state index is -0.214. The molecule has 148 valence electrons. The second-order valence-corrected chi connectivity index (χ2v) is 8.36. The zero-order chi connectivity index (χ0) is 20.6. The summed E-state index contributed by atoms with van der Waals surface area (Å²) >= 11 is 6.87. The van der Waals surface area contributed by atoms with E-state index in [1.807, 2.05) is 92.7 Å². The van der Waals surface area contributed by atoms with Crippen LogP contribution in [0.2, 0.25) is 0 Å². The molecular weight excluding hydrogens is 398 g/mol. The van der Waals surface area contributed by atoms with Gasteiger partial charge in [-0.3, -0.25) is 4.79 Å². The first-order valence-corrected chi connectivity index (χ1v) is 10.6. The van der Waals surface area contributed by atoms with Gasteiger partial charge in [0.05, 0.1) is 5.25 Å². The Balaban J connectivity index is 1.52. The van der Waals surface area contributed by atoms with E-state index in [0.29, 0.717) is 5.11 Å². The third-order valence-corrected chi connectivity index (χ3v) is 5.54. The van der Waals surface area contributed by atoms with Gasteiger partial charge in [-0.25, -0.2) is 0 Å². The van der Waals surface area contributed by atoms with Crippen LogP contribution in [0.3, 0.4) is 0 Å². The van der Waals surface area contributed by atoms with Gasteiger partial charge in [0.1, 0.15) is 0 Å². The maximum absolute atomic E-state index is 12.5. The number of carbonyl (C=O) groups excluding carboxylic acids is 1. The first-order chi connectivity index (χ1) is 14.0. The van der Waals surface area contributed by atoms with E-state index in [1.165, 1.54) is 11.8 Å². The van der Waals surface area contributed by atoms with E-state index >= 15 is 0 Å². The van der Waals surface area contributed by atoms with Crippen LogP contribution in [-0.4, -0.2) is 16.3 Å². The van der Waals surface area contributed by atoms with E-state index in [2.05, 4.69) is 16.0 Å². The van der Waals surface area contributed by atoms with E-state index < -0.39 is 0 Å². The molecule has 0 spiro atoms. The zero-order valence-corrected chi connectivity index (χ0v) is 17.9. The maximum atomic E-state index is 12.5. The number of thioether (sulfide) groups is 1. The molecule has 0 aliphatic heterocycles. The van der Waals surface area contributed by atoms with Crippen molar-refractivity contribution in [2.75, 3.05) is 16.0 Å². The van der Waals surface area contributed by atoms with Crippen LogP contribution in [0.25, 0.3) is 0 Å². The van der Waals surface area contributed by atoms with Crippen molar-refractivity contribution in [3.05, 3.63) is 84.4 Å². The lowest BCUT2D eigenvalue weighted by Crippen LogP contribution is -2.22. The van der Waals surface area contributed by atoms with Crippen molar-refractivity contribution in [3.8, 4) is 0 Å². The highest BCUT2D eigenvalue weighted by Crippen LogP contribution is 2.26. The normalized spacial score (nSPS) is 11.4. The summed E-state index contributed by atoms with van der Waals surface area (Å²) in [5.74, 6) is -0.0141. The second-order valence-electron chi connectivity index (χ2n) is 6.53. The van der Waals surface area contributed by atoms with Crippen molar-refractivity contribution in [3.63, 3.8) is 0 Å². The van der Waals surface area contributed by atoms with Gasteiger partial charge < -0.3 is 16.0 Å². The molecule has 0 aliphatic rings. The largest absolute Gasteiger partial charge is 0.332 e. The number of aryl methyl sites for hydroxylation is 1. The standard InChI is InChI=1S/C23H23N3OS2/c1-16-8-6-7-11-21(16)26-22(27)17(2)29-20-14-12-19(13-15-20)25-23(28)24-18-9-4-3-5-10-18/h3-15,17H,1-2H3,(H,26,27)(H2,24,25,28). The van der Waals surface area contributed by atoms with Crippen molar-refractivity contribution in [2.24, 2.45) is 0 Å². The molecule has 3 aromatic carbocycles. The van der Waals surface area contributed by atoms with Gasteiger partial charge in [-0.05, 0) is 74.1 Å². The van der Waals surface area contributed by atoms with Crippen LogP contribution in [0, 0.1) is 6.92 Å². The fourth-order valence-electron chi connectivity index (χ4n) is 2.64. The molecule has 4 nitrogen and oxygen atoms in total. The van der Waals surface area contributed by atoms with E-state index in [-0.39, 0.29) is 11.2 Å². The third-order valence-electron chi connectivity index (χ3n) is 4.23. The topological polar surface area (TPSA) is 53.2 Å². The minimum absolute atomic E-state index is 0.0141. The van der Waals surface area contributed by atoms with Gasteiger partial charge >= 0.3 is 0 Å². The lowest BCUT2D eigenvalue weighted by Gasteiger charge is -2.14. The van der Waals surface area contributed by atoms with E-state index in [4.69, 9.17) is 12.2 Å². The van der Waals surface area contributed by atoms with Crippen molar-refractivity contribution in [1.29, 1.82) is 0 Å². The van der Waals surface area contributed by atoms with Crippen molar-refractivity contribution in [2.45, 2.75) is 24.0 Å². The fraction of sp³-hybridized carbons (Fsp3) is 0.130. The van der Waals surface area contributed by atoms with Gasteiger partial charge in [-0.2, -0.15) is 0 Å². The molecule has 0 radical (unpaired) electrons. The van der Waals surface area contributed by atoms with Crippen LogP contribution in [0.5, 0.6) is 0 Å². The SMILES string of the molecule is Cc1ccccc1NC(=O)C(C)Sc1ccc(NC(=S)Nc2ccccc2)cc1. The number of thiocarbonyl (C=S) groups is 1. The highest BCUT2D eigenvalue weighted by molar-refractivity contribution is 8.00. The van der Waals surface area contributed by atoms with Gasteiger partial charge in [0.2, 0.25) is 5.91 Å². The molecule has 0 bridgehead atoms. The number of nitrogens with one attached hydrogen (secondary N) is 3. The Kier molecular flexibility index (Phi) is 7.27. The molecule has 0 aromatic heterocycles. The number of benzene rings is 3. The quantitative estimate of drug-likeness (QED) is 0.340. The number of para-hydroxylation sites is 2. The lowest BCUT2D eigenvalue weighted by molar-refractivity contribution is -0.115. The molecule has 0 aliphatic carbocycles. The summed E-state index contributed by atoms with van der Waals surface area (Å²) in [6.45, 7) is 3.89. The Morgan fingerprint density at radius 3 is 2.07 bits per heavy atom. The highest BCUT2D eigenvalue weighted by Gasteiger charge is 2.15. The van der Waals surface area contributed by atoms with Crippen molar-refractivity contribution >= 4 is 52.1 Å². The number of hydrogen-bond donors (Lipinski definition) is 3. The number of rotatable bonds is 6. The molecule has 3 aromatic rings. The van der Waals surface area contributed by atoms with Crippen LogP contribution in [0.1, 0.15) is 12.5 Å². The molecule has 6 heteroatoms. The molecule has 1 atom stereocenters. The minimum Gasteiger partial charge on any atom is -0.332 e. The Morgan fingerprint density at radius 1 is 0.828 bits per heavy atom. The van der Waals surface area contributed by atoms with Gasteiger partial charge in [0.25, 0.3) is 0 Å². The molecule has 0 heterocycles. The number of carbonyl (C=O) groups is 1. The van der Waals surface area contributed by atoms with Gasteiger partial charge in [-0.15, -0.1) is 11.8 Å². The Morgan fingerprint density at radius 2 is 1.41 bits per heavy atom. The van der Waals surface area contributed by atoms with Crippen LogP contribution in [0.4, 0.5) is 17.1 Å². The van der Waals surface area contributed by atoms with Gasteiger partial charge in [-0.1, -0.05) is 36.4 Å². The van der Waals surface area contributed by atoms with Gasteiger partial charge in [0, 0.05) is 22.0 Å². The molecule has 29 heavy (non-hydrogen) atoms. The molecule has 3 N–H and O–H groups in total. The van der Waals surface area contributed by atoms with Crippen LogP contribution in [0.15, 0.2) is 83.8 Å². The Hall–Kier alpha value is -2.83. The van der Waals surface area contributed by atoms with E-state index in [0.717, 1.165) is 27.5 Å². The second kappa shape index (κ2) is 10.1. The Labute approximate surface area is 181 Å². The van der Waals surface area contributed by atoms with E-state index in [9.17, 15) is 4.79 Å². The summed E-state index contributed by atoms with van der Waals surface area (Å²) in [6, 6.07) is 25.4. The molecule has 1 amide bonds. The predicted octanol–water partition coefficient (Wildman–Crippen LogP) is 5.92.